The molecule has 0 atom stereocenters. The zero-order valence-corrected chi connectivity index (χ0v) is 13.0. The second-order valence-electron chi connectivity index (χ2n) is 5.56. The number of nitrogens with zero attached hydrogens (tertiary/aromatic N) is 3. The van der Waals surface area contributed by atoms with Crippen LogP contribution in [0.4, 0.5) is 10.3 Å². The van der Waals surface area contributed by atoms with Crippen LogP contribution >= 0.6 is 0 Å². The average Bonchev–Trinajstić information content (AvgIpc) is 3.04. The zero-order chi connectivity index (χ0) is 16.2. The van der Waals surface area contributed by atoms with Crippen LogP contribution < -0.4 is 5.32 Å². The Hall–Kier alpha value is -2.76. The van der Waals surface area contributed by atoms with Crippen LogP contribution in [-0.2, 0) is 6.54 Å². The minimum Gasteiger partial charge on any atom is -0.350 e. The minimum absolute atomic E-state index is 0.243. The van der Waals surface area contributed by atoms with Gasteiger partial charge in [0.05, 0.1) is 11.9 Å². The summed E-state index contributed by atoms with van der Waals surface area (Å²) in [7, 11) is 0. The van der Waals surface area contributed by atoms with Gasteiger partial charge in [-0.2, -0.15) is 5.10 Å². The van der Waals surface area contributed by atoms with Crippen molar-refractivity contribution in [3.05, 3.63) is 59.8 Å². The summed E-state index contributed by atoms with van der Waals surface area (Å²) in [6, 6.07) is 8.49. The molecule has 118 valence electrons. The van der Waals surface area contributed by atoms with Crippen molar-refractivity contribution in [3.63, 3.8) is 0 Å². The highest BCUT2D eigenvalue weighted by Crippen LogP contribution is 2.26. The van der Waals surface area contributed by atoms with Crippen LogP contribution in [0.1, 0.15) is 31.0 Å². The molecule has 5 nitrogen and oxygen atoms in total. The zero-order valence-electron chi connectivity index (χ0n) is 13.0. The summed E-state index contributed by atoms with van der Waals surface area (Å²) in [5.41, 5.74) is 3.35. The Labute approximate surface area is 134 Å². The van der Waals surface area contributed by atoms with Crippen LogP contribution in [0.5, 0.6) is 0 Å². The number of halogens is 1. The average molecular weight is 311 g/mol. The molecule has 1 aromatic carbocycles. The topological polar surface area (TPSA) is 66.5 Å². The number of hydrogen-bond acceptors (Lipinski definition) is 4. The molecule has 3 aromatic rings. The Morgan fingerprint density at radius 2 is 2.04 bits per heavy atom. The molecule has 0 spiro atoms. The molecule has 0 amide bonds. The highest BCUT2D eigenvalue weighted by Gasteiger charge is 2.12. The Morgan fingerprint density at radius 3 is 2.83 bits per heavy atom. The van der Waals surface area contributed by atoms with Crippen LogP contribution in [0, 0.1) is 5.82 Å². The molecule has 0 fully saturated rings. The summed E-state index contributed by atoms with van der Waals surface area (Å²) in [5.74, 6) is 0.534. The molecular weight excluding hydrogens is 293 g/mol. The van der Waals surface area contributed by atoms with E-state index in [1.54, 1.807) is 30.6 Å². The van der Waals surface area contributed by atoms with E-state index in [1.807, 2.05) is 6.07 Å². The molecule has 0 unspecified atom stereocenters. The smallest absolute Gasteiger partial charge is 0.223 e. The molecule has 0 aliphatic rings. The van der Waals surface area contributed by atoms with Crippen molar-refractivity contribution in [2.75, 3.05) is 5.32 Å². The summed E-state index contributed by atoms with van der Waals surface area (Å²) >= 11 is 0. The van der Waals surface area contributed by atoms with Gasteiger partial charge in [-0.1, -0.05) is 32.0 Å². The first-order valence-electron chi connectivity index (χ1n) is 7.49. The normalized spacial score (nSPS) is 11.0. The number of aromatic nitrogens is 4. The van der Waals surface area contributed by atoms with Gasteiger partial charge in [0, 0.05) is 29.6 Å². The van der Waals surface area contributed by atoms with Gasteiger partial charge < -0.3 is 5.32 Å². The SMILES string of the molecule is CC(C)c1[nH]ncc1-c1ccnc(NCc2ccccc2F)n1. The van der Waals surface area contributed by atoms with E-state index in [0.29, 0.717) is 24.0 Å². The molecule has 6 heteroatoms. The quantitative estimate of drug-likeness (QED) is 0.753. The van der Waals surface area contributed by atoms with Crippen LogP contribution in [0.25, 0.3) is 11.3 Å². The molecule has 0 aliphatic carbocycles. The van der Waals surface area contributed by atoms with Crippen molar-refractivity contribution in [3.8, 4) is 11.3 Å². The fourth-order valence-corrected chi connectivity index (χ4v) is 2.35. The van der Waals surface area contributed by atoms with E-state index in [-0.39, 0.29) is 5.82 Å². The van der Waals surface area contributed by atoms with Crippen molar-refractivity contribution in [1.82, 2.24) is 20.2 Å². The van der Waals surface area contributed by atoms with E-state index < -0.39 is 0 Å². The van der Waals surface area contributed by atoms with Gasteiger partial charge in [0.25, 0.3) is 0 Å². The number of nitrogens with one attached hydrogen (secondary N) is 2. The highest BCUT2D eigenvalue weighted by atomic mass is 19.1. The Bertz CT molecular complexity index is 797. The molecule has 2 heterocycles. The maximum atomic E-state index is 13.6. The maximum Gasteiger partial charge on any atom is 0.223 e. The van der Waals surface area contributed by atoms with Crippen molar-refractivity contribution in [2.45, 2.75) is 26.3 Å². The molecule has 0 bridgehead atoms. The first kappa shape index (κ1) is 15.1. The van der Waals surface area contributed by atoms with E-state index >= 15 is 0 Å². The third-order valence-electron chi connectivity index (χ3n) is 3.57. The van der Waals surface area contributed by atoms with E-state index in [9.17, 15) is 4.39 Å². The molecule has 0 radical (unpaired) electrons. The van der Waals surface area contributed by atoms with E-state index in [4.69, 9.17) is 0 Å². The lowest BCUT2D eigenvalue weighted by Crippen LogP contribution is -2.05. The van der Waals surface area contributed by atoms with E-state index in [2.05, 4.69) is 39.3 Å². The van der Waals surface area contributed by atoms with Crippen molar-refractivity contribution >= 4 is 5.95 Å². The summed E-state index contributed by atoms with van der Waals surface area (Å²) < 4.78 is 13.6. The van der Waals surface area contributed by atoms with Crippen LogP contribution in [0.3, 0.4) is 0 Å². The number of rotatable bonds is 5. The summed E-state index contributed by atoms with van der Waals surface area (Å²) in [6.07, 6.45) is 3.45. The Morgan fingerprint density at radius 1 is 1.22 bits per heavy atom. The van der Waals surface area contributed by atoms with Crippen LogP contribution in [0.2, 0.25) is 0 Å². The van der Waals surface area contributed by atoms with Gasteiger partial charge >= 0.3 is 0 Å². The summed E-state index contributed by atoms with van der Waals surface area (Å²) in [5, 5.41) is 10.2. The Balaban J connectivity index is 1.80. The van der Waals surface area contributed by atoms with E-state index in [1.165, 1.54) is 6.07 Å². The van der Waals surface area contributed by atoms with Crippen molar-refractivity contribution in [2.24, 2.45) is 0 Å². The van der Waals surface area contributed by atoms with Gasteiger partial charge in [-0.15, -0.1) is 0 Å². The minimum atomic E-state index is -0.243. The molecule has 0 saturated carbocycles. The fourth-order valence-electron chi connectivity index (χ4n) is 2.35. The van der Waals surface area contributed by atoms with Crippen molar-refractivity contribution in [1.29, 1.82) is 0 Å². The lowest BCUT2D eigenvalue weighted by Gasteiger charge is -2.08. The molecule has 0 aliphatic heterocycles. The monoisotopic (exact) mass is 311 g/mol. The number of benzene rings is 1. The number of anilines is 1. The first-order chi connectivity index (χ1) is 11.1. The molecule has 3 rings (SSSR count). The third-order valence-corrected chi connectivity index (χ3v) is 3.57. The lowest BCUT2D eigenvalue weighted by atomic mass is 10.0. The Kier molecular flexibility index (Phi) is 4.32. The molecule has 2 N–H and O–H groups in total. The standard InChI is InChI=1S/C17H18FN5/c1-11(2)16-13(10-21-23-16)15-7-8-19-17(22-15)20-9-12-5-3-4-6-14(12)18/h3-8,10-11H,9H2,1-2H3,(H,21,23)(H,19,20,22). The number of H-pyrrole nitrogens is 1. The van der Waals surface area contributed by atoms with E-state index in [0.717, 1.165) is 17.0 Å². The summed E-state index contributed by atoms with van der Waals surface area (Å²) in [6.45, 7) is 4.52. The lowest BCUT2D eigenvalue weighted by molar-refractivity contribution is 0.612. The van der Waals surface area contributed by atoms with Crippen LogP contribution in [0.15, 0.2) is 42.7 Å². The van der Waals surface area contributed by atoms with Gasteiger partial charge in [-0.05, 0) is 18.1 Å². The molecular formula is C17H18FN5. The molecule has 2 aromatic heterocycles. The largest absolute Gasteiger partial charge is 0.350 e. The van der Waals surface area contributed by atoms with Gasteiger partial charge in [0.15, 0.2) is 0 Å². The first-order valence-corrected chi connectivity index (χ1v) is 7.49. The molecule has 0 saturated heterocycles. The van der Waals surface area contributed by atoms with Gasteiger partial charge in [-0.3, -0.25) is 5.10 Å². The second kappa shape index (κ2) is 6.56. The van der Waals surface area contributed by atoms with Gasteiger partial charge in [0.1, 0.15) is 5.82 Å². The van der Waals surface area contributed by atoms with Crippen molar-refractivity contribution < 1.29 is 4.39 Å². The van der Waals surface area contributed by atoms with Gasteiger partial charge in [-0.25, -0.2) is 14.4 Å². The molecule has 23 heavy (non-hydrogen) atoms. The predicted molar refractivity (Wildman–Crippen MR) is 87.4 cm³/mol. The third kappa shape index (κ3) is 3.36. The predicted octanol–water partition coefficient (Wildman–Crippen LogP) is 3.74. The van der Waals surface area contributed by atoms with Crippen LogP contribution in [-0.4, -0.2) is 20.2 Å². The fraction of sp³-hybridized carbons (Fsp3) is 0.235. The highest BCUT2D eigenvalue weighted by molar-refractivity contribution is 5.62. The summed E-state index contributed by atoms with van der Waals surface area (Å²) in [4.78, 5) is 8.69. The maximum absolute atomic E-state index is 13.6. The number of hydrogen-bond donors (Lipinski definition) is 2. The van der Waals surface area contributed by atoms with Gasteiger partial charge in [0.2, 0.25) is 5.95 Å². The number of aromatic amines is 1. The second-order valence-corrected chi connectivity index (χ2v) is 5.56.